The number of carboxylic acids is 1. The van der Waals surface area contributed by atoms with Crippen LogP contribution in [-0.4, -0.2) is 60.3 Å². The molecule has 0 aromatic heterocycles. The minimum atomic E-state index is -0.975. The number of carboxylic acid groups (broad SMARTS) is 1. The van der Waals surface area contributed by atoms with E-state index in [-0.39, 0.29) is 55.4 Å². The maximum absolute atomic E-state index is 13.2. The van der Waals surface area contributed by atoms with Gasteiger partial charge < -0.3 is 31.5 Å². The van der Waals surface area contributed by atoms with Gasteiger partial charge in [0.15, 0.2) is 0 Å². The molecule has 246 valence electrons. The van der Waals surface area contributed by atoms with E-state index in [4.69, 9.17) is 10.5 Å². The Labute approximate surface area is 266 Å². The highest BCUT2D eigenvalue weighted by Crippen LogP contribution is 2.44. The Bertz CT molecular complexity index is 1250. The summed E-state index contributed by atoms with van der Waals surface area (Å²) in [7, 11) is 0. The molecule has 3 atom stereocenters. The van der Waals surface area contributed by atoms with E-state index in [0.29, 0.717) is 19.4 Å². The zero-order valence-corrected chi connectivity index (χ0v) is 27.0. The van der Waals surface area contributed by atoms with E-state index in [0.717, 1.165) is 35.1 Å². The monoisotopic (exact) mass is 622 g/mol. The molecule has 0 spiro atoms. The fourth-order valence-electron chi connectivity index (χ4n) is 5.98. The van der Waals surface area contributed by atoms with Crippen LogP contribution < -0.4 is 21.7 Å². The standard InChI is InChI=1S/C35H50N4O6/c1-22(2)17-25(19-34(42)43)38-32(40)18-24(11-9-10-16-36)37-33(41)20-31(23(3)4)39-35(44)45-21-30-28-14-7-5-12-26(28)27-13-6-8-15-29(27)30/h5-8,12-15,22-25,30-31H,9-11,16-21,36H2,1-4H3,(H,37,41)(H,38,40)(H,39,44)(H,42,43)/t24-,25-,31+/m0/s1. The second-order valence-corrected chi connectivity index (χ2v) is 12.8. The SMILES string of the molecule is CC(C)C[C@@H](CC(=O)O)NC(=O)C[C@H](CCCCN)NC(=O)C[C@@H](NC(=O)OCC1c2ccccc2-c2ccccc21)C(C)C. The number of fused-ring (bicyclic) bond motifs is 3. The number of carbonyl (C=O) groups excluding carboxylic acids is 3. The van der Waals surface area contributed by atoms with Crippen molar-refractivity contribution in [1.29, 1.82) is 0 Å². The number of nitrogens with one attached hydrogen (secondary N) is 3. The van der Waals surface area contributed by atoms with Crippen molar-refractivity contribution in [2.24, 2.45) is 17.6 Å². The summed E-state index contributed by atoms with van der Waals surface area (Å²) in [5.74, 6) is -1.48. The Balaban J connectivity index is 1.57. The average molecular weight is 623 g/mol. The van der Waals surface area contributed by atoms with Gasteiger partial charge in [0.05, 0.1) is 6.42 Å². The molecule has 45 heavy (non-hydrogen) atoms. The summed E-state index contributed by atoms with van der Waals surface area (Å²) in [5.41, 5.74) is 10.2. The van der Waals surface area contributed by atoms with Gasteiger partial charge in [-0.25, -0.2) is 4.79 Å². The predicted octanol–water partition coefficient (Wildman–Crippen LogP) is 4.95. The van der Waals surface area contributed by atoms with E-state index < -0.39 is 30.2 Å². The summed E-state index contributed by atoms with van der Waals surface area (Å²) in [6.07, 6.45) is 1.87. The predicted molar refractivity (Wildman–Crippen MR) is 175 cm³/mol. The molecule has 0 aliphatic heterocycles. The maximum Gasteiger partial charge on any atom is 0.407 e. The summed E-state index contributed by atoms with van der Waals surface area (Å²) in [6.45, 7) is 8.46. The number of hydrogen-bond donors (Lipinski definition) is 5. The third-order valence-corrected chi connectivity index (χ3v) is 8.20. The van der Waals surface area contributed by atoms with Gasteiger partial charge in [0.25, 0.3) is 0 Å². The summed E-state index contributed by atoms with van der Waals surface area (Å²) in [6, 6.07) is 14.8. The molecule has 10 nitrogen and oxygen atoms in total. The molecule has 1 aliphatic rings. The van der Waals surface area contributed by atoms with Crippen LogP contribution >= 0.6 is 0 Å². The van der Waals surface area contributed by atoms with Crippen LogP contribution in [0, 0.1) is 11.8 Å². The zero-order valence-electron chi connectivity index (χ0n) is 27.0. The number of unbranched alkanes of at least 4 members (excludes halogenated alkanes) is 1. The van der Waals surface area contributed by atoms with Crippen molar-refractivity contribution >= 4 is 23.9 Å². The van der Waals surface area contributed by atoms with Crippen LogP contribution in [0.1, 0.15) is 89.7 Å². The van der Waals surface area contributed by atoms with Crippen LogP contribution in [0.3, 0.4) is 0 Å². The highest BCUT2D eigenvalue weighted by Gasteiger charge is 2.30. The van der Waals surface area contributed by atoms with E-state index in [2.05, 4.69) is 40.2 Å². The Hall–Kier alpha value is -3.92. The molecular formula is C35H50N4O6. The number of rotatable bonds is 18. The third-order valence-electron chi connectivity index (χ3n) is 8.20. The number of aliphatic carboxylic acids is 1. The van der Waals surface area contributed by atoms with Crippen molar-refractivity contribution in [1.82, 2.24) is 16.0 Å². The first-order valence-electron chi connectivity index (χ1n) is 16.1. The molecular weight excluding hydrogens is 572 g/mol. The van der Waals surface area contributed by atoms with Gasteiger partial charge in [-0.15, -0.1) is 0 Å². The molecule has 0 saturated carbocycles. The van der Waals surface area contributed by atoms with Gasteiger partial charge in [0.2, 0.25) is 11.8 Å². The molecule has 10 heteroatoms. The van der Waals surface area contributed by atoms with E-state index in [1.54, 1.807) is 0 Å². The number of hydrogen-bond acceptors (Lipinski definition) is 6. The largest absolute Gasteiger partial charge is 0.481 e. The van der Waals surface area contributed by atoms with E-state index in [9.17, 15) is 24.3 Å². The molecule has 2 aromatic rings. The average Bonchev–Trinajstić information content (AvgIpc) is 3.28. The van der Waals surface area contributed by atoms with Crippen LogP contribution in [0.4, 0.5) is 4.79 Å². The van der Waals surface area contributed by atoms with Crippen molar-refractivity contribution in [3.05, 3.63) is 59.7 Å². The Kier molecular flexibility index (Phi) is 13.9. The minimum Gasteiger partial charge on any atom is -0.481 e. The fraction of sp³-hybridized carbons (Fsp3) is 0.543. The third kappa shape index (κ3) is 11.2. The van der Waals surface area contributed by atoms with Gasteiger partial charge >= 0.3 is 12.1 Å². The number of ether oxygens (including phenoxy) is 1. The number of nitrogens with two attached hydrogens (primary N) is 1. The molecule has 0 heterocycles. The summed E-state index contributed by atoms with van der Waals surface area (Å²) in [4.78, 5) is 50.3. The summed E-state index contributed by atoms with van der Waals surface area (Å²) >= 11 is 0. The molecule has 0 radical (unpaired) electrons. The van der Waals surface area contributed by atoms with Gasteiger partial charge in [-0.3, -0.25) is 14.4 Å². The lowest BCUT2D eigenvalue weighted by molar-refractivity contribution is -0.137. The molecule has 0 unspecified atom stereocenters. The lowest BCUT2D eigenvalue weighted by Gasteiger charge is -2.25. The van der Waals surface area contributed by atoms with Crippen LogP contribution in [0.25, 0.3) is 11.1 Å². The Morgan fingerprint density at radius 3 is 1.93 bits per heavy atom. The van der Waals surface area contributed by atoms with Gasteiger partial charge in [0.1, 0.15) is 6.61 Å². The molecule has 0 fully saturated rings. The first-order valence-corrected chi connectivity index (χ1v) is 16.1. The highest BCUT2D eigenvalue weighted by molar-refractivity contribution is 5.81. The van der Waals surface area contributed by atoms with E-state index >= 15 is 0 Å². The van der Waals surface area contributed by atoms with Crippen molar-refractivity contribution in [2.75, 3.05) is 13.2 Å². The van der Waals surface area contributed by atoms with Gasteiger partial charge in [-0.1, -0.05) is 82.6 Å². The number of alkyl carbamates (subject to hydrolysis) is 1. The second-order valence-electron chi connectivity index (χ2n) is 12.8. The van der Waals surface area contributed by atoms with Crippen molar-refractivity contribution in [2.45, 2.75) is 96.7 Å². The molecule has 2 aromatic carbocycles. The molecule has 6 N–H and O–H groups in total. The van der Waals surface area contributed by atoms with Gasteiger partial charge in [-0.05, 0) is 59.9 Å². The molecule has 1 aliphatic carbocycles. The molecule has 3 amide bonds. The summed E-state index contributed by atoms with van der Waals surface area (Å²) in [5, 5.41) is 17.9. The van der Waals surface area contributed by atoms with Crippen LogP contribution in [-0.2, 0) is 19.1 Å². The first-order chi connectivity index (χ1) is 21.5. The Morgan fingerprint density at radius 2 is 1.38 bits per heavy atom. The molecule has 3 rings (SSSR count). The summed E-state index contributed by atoms with van der Waals surface area (Å²) < 4.78 is 5.70. The first kappa shape index (κ1) is 35.6. The van der Waals surface area contributed by atoms with Crippen LogP contribution in [0.5, 0.6) is 0 Å². The quantitative estimate of drug-likeness (QED) is 0.147. The minimum absolute atomic E-state index is 0.0197. The normalized spacial score (nSPS) is 14.3. The highest BCUT2D eigenvalue weighted by atomic mass is 16.5. The fourth-order valence-corrected chi connectivity index (χ4v) is 5.98. The molecule has 0 bridgehead atoms. The van der Waals surface area contributed by atoms with Gasteiger partial charge in [0, 0.05) is 36.9 Å². The lowest BCUT2D eigenvalue weighted by Crippen LogP contribution is -2.46. The number of carbonyl (C=O) groups is 4. The molecule has 0 saturated heterocycles. The van der Waals surface area contributed by atoms with Crippen LogP contribution in [0.2, 0.25) is 0 Å². The zero-order chi connectivity index (χ0) is 32.9. The van der Waals surface area contributed by atoms with E-state index in [1.165, 1.54) is 0 Å². The van der Waals surface area contributed by atoms with Crippen LogP contribution in [0.15, 0.2) is 48.5 Å². The van der Waals surface area contributed by atoms with Gasteiger partial charge in [-0.2, -0.15) is 0 Å². The van der Waals surface area contributed by atoms with Crippen molar-refractivity contribution in [3.63, 3.8) is 0 Å². The van der Waals surface area contributed by atoms with E-state index in [1.807, 2.05) is 52.0 Å². The second kappa shape index (κ2) is 17.5. The smallest absolute Gasteiger partial charge is 0.407 e. The number of amides is 3. The van der Waals surface area contributed by atoms with Crippen molar-refractivity contribution in [3.8, 4) is 11.1 Å². The lowest BCUT2D eigenvalue weighted by atomic mass is 9.98. The topological polar surface area (TPSA) is 160 Å². The maximum atomic E-state index is 13.2. The Morgan fingerprint density at radius 1 is 0.800 bits per heavy atom. The number of benzene rings is 2. The van der Waals surface area contributed by atoms with Crippen molar-refractivity contribution < 1.29 is 29.0 Å².